The molecule has 0 saturated heterocycles. The first-order valence-electron chi connectivity index (χ1n) is 8.49. The van der Waals surface area contributed by atoms with Crippen molar-refractivity contribution >= 4 is 5.91 Å². The van der Waals surface area contributed by atoms with E-state index in [-0.39, 0.29) is 30.2 Å². The zero-order chi connectivity index (χ0) is 20.8. The molecule has 0 bridgehead atoms. The molecule has 29 heavy (non-hydrogen) atoms. The molecule has 0 aliphatic rings. The zero-order valence-electron chi connectivity index (χ0n) is 15.1. The number of hydrogen-bond acceptors (Lipinski definition) is 5. The molecule has 3 aromatic rings. The summed E-state index contributed by atoms with van der Waals surface area (Å²) < 4.78 is 38.2. The fraction of sp³-hybridized carbons (Fsp3) is 0.0952. The van der Waals surface area contributed by atoms with E-state index in [1.807, 2.05) is 0 Å². The van der Waals surface area contributed by atoms with E-state index in [2.05, 4.69) is 4.98 Å². The van der Waals surface area contributed by atoms with Gasteiger partial charge in [0.25, 0.3) is 5.91 Å². The van der Waals surface area contributed by atoms with Gasteiger partial charge in [-0.15, -0.1) is 0 Å². The van der Waals surface area contributed by atoms with Gasteiger partial charge in [-0.05, 0) is 35.9 Å². The van der Waals surface area contributed by atoms with Crippen LogP contribution in [-0.2, 0) is 0 Å². The number of nitrogens with two attached hydrogens (primary N) is 1. The number of amides is 1. The average molecular weight is 395 g/mol. The molecule has 1 amide bonds. The maximum atomic E-state index is 14.0. The minimum absolute atomic E-state index is 0.00771. The van der Waals surface area contributed by atoms with Crippen molar-refractivity contribution in [1.29, 1.82) is 5.26 Å². The highest BCUT2D eigenvalue weighted by atomic mass is 19.1. The van der Waals surface area contributed by atoms with Crippen LogP contribution in [0.5, 0.6) is 11.5 Å². The van der Waals surface area contributed by atoms with E-state index >= 15 is 0 Å². The lowest BCUT2D eigenvalue weighted by Crippen LogP contribution is -2.14. The highest BCUT2D eigenvalue weighted by Crippen LogP contribution is 2.30. The standard InChI is InChI=1S/C21H15F2N3O3/c22-15-6-4-13(5-7-15)16-10-17(21(25)27)26-12-19(16)29-9-8-28-18-3-1-2-14(11-24)20(18)23/h1-7,10,12H,8-9H2,(H2,25,27). The van der Waals surface area contributed by atoms with E-state index in [4.69, 9.17) is 20.5 Å². The van der Waals surface area contributed by atoms with E-state index in [1.54, 1.807) is 6.07 Å². The minimum atomic E-state index is -0.741. The number of primary amides is 1. The summed E-state index contributed by atoms with van der Waals surface area (Å²) in [5, 5.41) is 8.85. The van der Waals surface area contributed by atoms with Gasteiger partial charge in [0.15, 0.2) is 11.6 Å². The van der Waals surface area contributed by atoms with Crippen molar-refractivity contribution < 1.29 is 23.0 Å². The zero-order valence-corrected chi connectivity index (χ0v) is 15.1. The Morgan fingerprint density at radius 3 is 2.41 bits per heavy atom. The average Bonchev–Trinajstić information content (AvgIpc) is 2.73. The molecule has 8 heteroatoms. The number of pyridine rings is 1. The van der Waals surface area contributed by atoms with E-state index in [9.17, 15) is 13.6 Å². The van der Waals surface area contributed by atoms with E-state index in [0.29, 0.717) is 16.9 Å². The molecule has 2 aromatic carbocycles. The van der Waals surface area contributed by atoms with Gasteiger partial charge in [0.1, 0.15) is 36.5 Å². The van der Waals surface area contributed by atoms with Gasteiger partial charge in [-0.3, -0.25) is 4.79 Å². The largest absolute Gasteiger partial charge is 0.488 e. The number of benzene rings is 2. The second kappa shape index (κ2) is 8.80. The SMILES string of the molecule is N#Cc1cccc(OCCOc2cnc(C(N)=O)cc2-c2ccc(F)cc2)c1F. The summed E-state index contributed by atoms with van der Waals surface area (Å²) in [6.45, 7) is 0.0221. The first kappa shape index (κ1) is 19.8. The lowest BCUT2D eigenvalue weighted by atomic mass is 10.0. The molecule has 0 aliphatic carbocycles. The summed E-state index contributed by atoms with van der Waals surface area (Å²) in [6.07, 6.45) is 1.33. The monoisotopic (exact) mass is 395 g/mol. The van der Waals surface area contributed by atoms with Gasteiger partial charge in [-0.2, -0.15) is 5.26 Å². The molecule has 0 fully saturated rings. The van der Waals surface area contributed by atoms with Crippen LogP contribution in [0.1, 0.15) is 16.1 Å². The summed E-state index contributed by atoms with van der Waals surface area (Å²) in [6, 6.07) is 13.1. The number of ether oxygens (including phenoxy) is 2. The molecule has 0 spiro atoms. The van der Waals surface area contributed by atoms with Gasteiger partial charge in [0.05, 0.1) is 11.8 Å². The van der Waals surface area contributed by atoms with Gasteiger partial charge < -0.3 is 15.2 Å². The summed E-state index contributed by atoms with van der Waals surface area (Å²) >= 11 is 0. The van der Waals surface area contributed by atoms with Gasteiger partial charge >= 0.3 is 0 Å². The highest BCUT2D eigenvalue weighted by Gasteiger charge is 2.13. The van der Waals surface area contributed by atoms with Gasteiger partial charge in [-0.1, -0.05) is 18.2 Å². The van der Waals surface area contributed by atoms with Crippen LogP contribution in [0.2, 0.25) is 0 Å². The molecule has 0 radical (unpaired) electrons. The van der Waals surface area contributed by atoms with Crippen molar-refractivity contribution in [2.75, 3.05) is 13.2 Å². The van der Waals surface area contributed by atoms with Gasteiger partial charge in [-0.25, -0.2) is 13.8 Å². The normalized spacial score (nSPS) is 10.2. The number of rotatable bonds is 7. The third-order valence-electron chi connectivity index (χ3n) is 3.96. The highest BCUT2D eigenvalue weighted by molar-refractivity contribution is 5.92. The van der Waals surface area contributed by atoms with Crippen molar-refractivity contribution in [2.24, 2.45) is 5.73 Å². The Hall–Kier alpha value is -3.99. The van der Waals surface area contributed by atoms with Crippen molar-refractivity contribution in [3.63, 3.8) is 0 Å². The molecular weight excluding hydrogens is 380 g/mol. The predicted octanol–water partition coefficient (Wildman–Crippen LogP) is 3.46. The Morgan fingerprint density at radius 2 is 1.76 bits per heavy atom. The van der Waals surface area contributed by atoms with Gasteiger partial charge in [0.2, 0.25) is 0 Å². The summed E-state index contributed by atoms with van der Waals surface area (Å²) in [5.41, 5.74) is 6.28. The topological polar surface area (TPSA) is 98.2 Å². The molecule has 2 N–H and O–H groups in total. The Labute approximate surface area is 165 Å². The second-order valence-corrected chi connectivity index (χ2v) is 5.86. The Bertz CT molecular complexity index is 1080. The summed E-state index contributed by atoms with van der Waals surface area (Å²) in [4.78, 5) is 15.4. The van der Waals surface area contributed by atoms with Gasteiger partial charge in [0, 0.05) is 5.56 Å². The molecular formula is C21H15F2N3O3. The number of hydrogen-bond donors (Lipinski definition) is 1. The van der Waals surface area contributed by atoms with Crippen molar-refractivity contribution in [2.45, 2.75) is 0 Å². The molecule has 0 unspecified atom stereocenters. The molecule has 0 aliphatic heterocycles. The van der Waals surface area contributed by atoms with Crippen LogP contribution >= 0.6 is 0 Å². The maximum Gasteiger partial charge on any atom is 0.267 e. The van der Waals surface area contributed by atoms with E-state index in [0.717, 1.165) is 0 Å². The van der Waals surface area contributed by atoms with Crippen LogP contribution in [0.25, 0.3) is 11.1 Å². The fourth-order valence-electron chi connectivity index (χ4n) is 2.56. The third kappa shape index (κ3) is 4.65. The predicted molar refractivity (Wildman–Crippen MR) is 100 cm³/mol. The molecule has 3 rings (SSSR count). The Morgan fingerprint density at radius 1 is 1.07 bits per heavy atom. The van der Waals surface area contributed by atoms with Crippen LogP contribution in [-0.4, -0.2) is 24.1 Å². The summed E-state index contributed by atoms with van der Waals surface area (Å²) in [5.74, 6) is -1.61. The number of aromatic nitrogens is 1. The maximum absolute atomic E-state index is 14.0. The van der Waals surface area contributed by atoms with Crippen LogP contribution in [0.3, 0.4) is 0 Å². The smallest absolute Gasteiger partial charge is 0.267 e. The molecule has 146 valence electrons. The lowest BCUT2D eigenvalue weighted by molar-refractivity contribution is 0.0995. The lowest BCUT2D eigenvalue weighted by Gasteiger charge is -2.13. The number of nitrogens with zero attached hydrogens (tertiary/aromatic N) is 2. The second-order valence-electron chi connectivity index (χ2n) is 5.86. The van der Waals surface area contributed by atoms with Crippen molar-refractivity contribution in [1.82, 2.24) is 4.98 Å². The first-order chi connectivity index (χ1) is 14.0. The van der Waals surface area contributed by atoms with Crippen molar-refractivity contribution in [3.05, 3.63) is 77.6 Å². The number of halogens is 2. The molecule has 0 atom stereocenters. The Kier molecular flexibility index (Phi) is 6.00. The molecule has 1 aromatic heterocycles. The fourth-order valence-corrected chi connectivity index (χ4v) is 2.56. The third-order valence-corrected chi connectivity index (χ3v) is 3.96. The van der Waals surface area contributed by atoms with Crippen LogP contribution in [0.15, 0.2) is 54.7 Å². The molecule has 1 heterocycles. The van der Waals surface area contributed by atoms with Crippen LogP contribution in [0.4, 0.5) is 8.78 Å². The first-order valence-corrected chi connectivity index (χ1v) is 8.49. The number of nitriles is 1. The minimum Gasteiger partial charge on any atom is -0.488 e. The number of carbonyl (C=O) groups excluding carboxylic acids is 1. The van der Waals surface area contributed by atoms with Crippen LogP contribution in [0, 0.1) is 23.0 Å². The Balaban J connectivity index is 1.74. The van der Waals surface area contributed by atoms with E-state index in [1.165, 1.54) is 54.7 Å². The van der Waals surface area contributed by atoms with Crippen molar-refractivity contribution in [3.8, 4) is 28.7 Å². The van der Waals surface area contributed by atoms with Crippen LogP contribution < -0.4 is 15.2 Å². The number of carbonyl (C=O) groups is 1. The molecule has 0 saturated carbocycles. The molecule has 6 nitrogen and oxygen atoms in total. The quantitative estimate of drug-likeness (QED) is 0.618. The van der Waals surface area contributed by atoms with E-state index < -0.39 is 17.5 Å². The summed E-state index contributed by atoms with van der Waals surface area (Å²) in [7, 11) is 0.